The van der Waals surface area contributed by atoms with Gasteiger partial charge in [0.05, 0.1) is 18.6 Å². The summed E-state index contributed by atoms with van der Waals surface area (Å²) < 4.78 is 35.7. The predicted octanol–water partition coefficient (Wildman–Crippen LogP) is 4.86. The molecule has 0 bridgehead atoms. The van der Waals surface area contributed by atoms with E-state index in [-0.39, 0.29) is 16.6 Å². The van der Waals surface area contributed by atoms with Crippen molar-refractivity contribution in [2.75, 3.05) is 7.11 Å². The SMILES string of the molecule is COc1ccc(S(=O)(=O)Oc2ccc(C=C3SC(=S)N(Cc4ccccc4)C3=O)cc2)cc1. The first-order valence-corrected chi connectivity index (χ1v) is 12.5. The number of carbonyl (C=O) groups is 1. The summed E-state index contributed by atoms with van der Waals surface area (Å²) in [7, 11) is -2.48. The Bertz CT molecular complexity index is 1300. The van der Waals surface area contributed by atoms with E-state index in [0.717, 1.165) is 11.1 Å². The fraction of sp³-hybridized carbons (Fsp3) is 0.0833. The molecular weight excluding hydrogens is 478 g/mol. The molecule has 1 aliphatic rings. The summed E-state index contributed by atoms with van der Waals surface area (Å²) in [6.45, 7) is 0.416. The van der Waals surface area contributed by atoms with E-state index < -0.39 is 10.1 Å². The summed E-state index contributed by atoms with van der Waals surface area (Å²) in [5.41, 5.74) is 1.72. The summed E-state index contributed by atoms with van der Waals surface area (Å²) in [6.07, 6.45) is 1.73. The lowest BCUT2D eigenvalue weighted by atomic mass is 10.2. The van der Waals surface area contributed by atoms with Crippen molar-refractivity contribution >= 4 is 50.4 Å². The number of nitrogens with zero attached hydrogens (tertiary/aromatic N) is 1. The maximum absolute atomic E-state index is 12.8. The van der Waals surface area contributed by atoms with Crippen LogP contribution in [0.25, 0.3) is 6.08 Å². The van der Waals surface area contributed by atoms with E-state index in [2.05, 4.69) is 0 Å². The van der Waals surface area contributed by atoms with Gasteiger partial charge in [0.2, 0.25) is 0 Å². The van der Waals surface area contributed by atoms with Crippen LogP contribution in [0.5, 0.6) is 11.5 Å². The molecule has 168 valence electrons. The quantitative estimate of drug-likeness (QED) is 0.262. The summed E-state index contributed by atoms with van der Waals surface area (Å²) in [5, 5.41) is 0. The highest BCUT2D eigenvalue weighted by Gasteiger charge is 2.31. The van der Waals surface area contributed by atoms with Crippen molar-refractivity contribution in [3.63, 3.8) is 0 Å². The highest BCUT2D eigenvalue weighted by Crippen LogP contribution is 2.34. The Balaban J connectivity index is 1.45. The second kappa shape index (κ2) is 9.78. The molecule has 0 aliphatic carbocycles. The molecule has 0 spiro atoms. The van der Waals surface area contributed by atoms with Crippen molar-refractivity contribution in [1.29, 1.82) is 0 Å². The van der Waals surface area contributed by atoms with Gasteiger partial charge >= 0.3 is 10.1 Å². The van der Waals surface area contributed by atoms with Crippen LogP contribution in [0.2, 0.25) is 0 Å². The maximum atomic E-state index is 12.8. The maximum Gasteiger partial charge on any atom is 0.339 e. The number of carbonyl (C=O) groups excluding carboxylic acids is 1. The Labute approximate surface area is 202 Å². The first-order valence-electron chi connectivity index (χ1n) is 9.83. The molecule has 1 saturated heterocycles. The molecular formula is C24H19NO5S3. The molecule has 0 aromatic heterocycles. The molecule has 0 saturated carbocycles. The highest BCUT2D eigenvalue weighted by atomic mass is 32.2. The number of thiocarbonyl (C=S) groups is 1. The highest BCUT2D eigenvalue weighted by molar-refractivity contribution is 8.26. The van der Waals surface area contributed by atoms with Gasteiger partial charge in [-0.15, -0.1) is 0 Å². The van der Waals surface area contributed by atoms with Gasteiger partial charge in [-0.3, -0.25) is 9.69 Å². The Hall–Kier alpha value is -3.14. The van der Waals surface area contributed by atoms with Crippen LogP contribution in [0.15, 0.2) is 88.7 Å². The van der Waals surface area contributed by atoms with E-state index in [1.165, 1.54) is 43.1 Å². The zero-order valence-corrected chi connectivity index (χ0v) is 20.0. The summed E-state index contributed by atoms with van der Waals surface area (Å²) in [5.74, 6) is 0.559. The minimum absolute atomic E-state index is 0.0227. The van der Waals surface area contributed by atoms with E-state index in [0.29, 0.717) is 21.5 Å². The Morgan fingerprint density at radius 3 is 2.21 bits per heavy atom. The molecule has 4 rings (SSSR count). The minimum atomic E-state index is -3.98. The van der Waals surface area contributed by atoms with Crippen LogP contribution in [0.4, 0.5) is 0 Å². The van der Waals surface area contributed by atoms with Crippen LogP contribution >= 0.6 is 24.0 Å². The van der Waals surface area contributed by atoms with Gasteiger partial charge < -0.3 is 8.92 Å². The molecule has 33 heavy (non-hydrogen) atoms. The topological polar surface area (TPSA) is 72.9 Å². The third kappa shape index (κ3) is 5.44. The number of hydrogen-bond donors (Lipinski definition) is 0. The lowest BCUT2D eigenvalue weighted by Gasteiger charge is -2.14. The van der Waals surface area contributed by atoms with Crippen molar-refractivity contribution in [2.45, 2.75) is 11.4 Å². The molecule has 1 amide bonds. The van der Waals surface area contributed by atoms with Gasteiger partial charge in [-0.25, -0.2) is 0 Å². The van der Waals surface area contributed by atoms with E-state index in [4.69, 9.17) is 21.1 Å². The number of rotatable bonds is 7. The third-order valence-electron chi connectivity index (χ3n) is 4.79. The Morgan fingerprint density at radius 2 is 1.58 bits per heavy atom. The molecule has 0 atom stereocenters. The molecule has 1 fully saturated rings. The average molecular weight is 498 g/mol. The van der Waals surface area contributed by atoms with Gasteiger partial charge in [-0.05, 0) is 53.6 Å². The van der Waals surface area contributed by atoms with Gasteiger partial charge in [0.25, 0.3) is 5.91 Å². The van der Waals surface area contributed by atoms with Gasteiger partial charge in [-0.1, -0.05) is 66.4 Å². The zero-order chi connectivity index (χ0) is 23.4. The summed E-state index contributed by atoms with van der Waals surface area (Å²) >= 11 is 6.63. The van der Waals surface area contributed by atoms with Crippen LogP contribution in [-0.2, 0) is 21.5 Å². The molecule has 0 radical (unpaired) electrons. The van der Waals surface area contributed by atoms with Crippen molar-refractivity contribution in [2.24, 2.45) is 0 Å². The molecule has 0 N–H and O–H groups in total. The van der Waals surface area contributed by atoms with E-state index in [1.807, 2.05) is 30.3 Å². The van der Waals surface area contributed by atoms with Crippen molar-refractivity contribution in [3.8, 4) is 11.5 Å². The zero-order valence-electron chi connectivity index (χ0n) is 17.5. The number of amides is 1. The number of ether oxygens (including phenoxy) is 1. The van der Waals surface area contributed by atoms with Crippen LogP contribution in [0, 0.1) is 0 Å². The average Bonchev–Trinajstić information content (AvgIpc) is 3.08. The molecule has 6 nitrogen and oxygen atoms in total. The monoisotopic (exact) mass is 497 g/mol. The van der Waals surface area contributed by atoms with Gasteiger partial charge in [0.15, 0.2) is 0 Å². The normalized spacial score (nSPS) is 15.2. The lowest BCUT2D eigenvalue weighted by Crippen LogP contribution is -2.27. The molecule has 0 unspecified atom stereocenters. The van der Waals surface area contributed by atoms with Crippen LogP contribution in [-0.4, -0.2) is 30.7 Å². The number of benzene rings is 3. The lowest BCUT2D eigenvalue weighted by molar-refractivity contribution is -0.122. The number of hydrogen-bond acceptors (Lipinski definition) is 7. The van der Waals surface area contributed by atoms with Crippen LogP contribution in [0.3, 0.4) is 0 Å². The fourth-order valence-electron chi connectivity index (χ4n) is 3.09. The predicted molar refractivity (Wildman–Crippen MR) is 132 cm³/mol. The van der Waals surface area contributed by atoms with E-state index >= 15 is 0 Å². The van der Waals surface area contributed by atoms with Gasteiger partial charge in [-0.2, -0.15) is 8.42 Å². The smallest absolute Gasteiger partial charge is 0.339 e. The van der Waals surface area contributed by atoms with E-state index in [9.17, 15) is 13.2 Å². The van der Waals surface area contributed by atoms with Gasteiger partial charge in [0, 0.05) is 0 Å². The molecule has 1 heterocycles. The molecule has 1 aliphatic heterocycles. The Morgan fingerprint density at radius 1 is 0.939 bits per heavy atom. The first-order chi connectivity index (χ1) is 15.9. The first kappa shape index (κ1) is 23.0. The molecule has 9 heteroatoms. The van der Waals surface area contributed by atoms with Crippen LogP contribution in [0.1, 0.15) is 11.1 Å². The molecule has 3 aromatic carbocycles. The second-order valence-corrected chi connectivity index (χ2v) is 10.3. The van der Waals surface area contributed by atoms with E-state index in [1.54, 1.807) is 35.2 Å². The van der Waals surface area contributed by atoms with Crippen molar-refractivity contribution in [1.82, 2.24) is 4.90 Å². The number of thioether (sulfide) groups is 1. The van der Waals surface area contributed by atoms with Crippen LogP contribution < -0.4 is 8.92 Å². The fourth-order valence-corrected chi connectivity index (χ4v) is 5.28. The van der Waals surface area contributed by atoms with Gasteiger partial charge in [0.1, 0.15) is 20.7 Å². The number of methoxy groups -OCH3 is 1. The Kier molecular flexibility index (Phi) is 6.83. The minimum Gasteiger partial charge on any atom is -0.497 e. The summed E-state index contributed by atoms with van der Waals surface area (Å²) in [4.78, 5) is 14.9. The largest absolute Gasteiger partial charge is 0.497 e. The van der Waals surface area contributed by atoms with Crippen molar-refractivity contribution < 1.29 is 22.1 Å². The standard InChI is InChI=1S/C24H19NO5S3/c1-29-19-11-13-21(14-12-19)33(27,28)30-20-9-7-17(8-10-20)15-22-23(26)25(24(31)32-22)16-18-5-3-2-4-6-18/h2-15H,16H2,1H3. The second-order valence-electron chi connectivity index (χ2n) is 7.04. The summed E-state index contributed by atoms with van der Waals surface area (Å²) in [6, 6.07) is 22.0. The molecule has 3 aromatic rings. The third-order valence-corrected chi connectivity index (χ3v) is 7.43. The van der Waals surface area contributed by atoms with Crippen molar-refractivity contribution in [3.05, 3.63) is 94.9 Å².